The fourth-order valence-electron chi connectivity index (χ4n) is 2.20. The number of benzene rings is 1. The molecule has 0 saturated carbocycles. The van der Waals surface area contributed by atoms with Crippen molar-refractivity contribution in [3.8, 4) is 0 Å². The smallest absolute Gasteiger partial charge is 0.113 e. The first kappa shape index (κ1) is 10.3. The van der Waals surface area contributed by atoms with Crippen LogP contribution in [0.1, 0.15) is 18.0 Å². The van der Waals surface area contributed by atoms with Gasteiger partial charge in [0.15, 0.2) is 0 Å². The predicted octanol–water partition coefficient (Wildman–Crippen LogP) is 2.54. The van der Waals surface area contributed by atoms with Gasteiger partial charge in [0, 0.05) is 18.0 Å². The Bertz CT molecular complexity index is 572. The minimum atomic E-state index is -0.189. The SMILES string of the molecule is NC(C1=CCCO1)c1ccnc2ccccc12. The fraction of sp³-hybridized carbons (Fsp3) is 0.214. The first-order valence-electron chi connectivity index (χ1n) is 5.78. The van der Waals surface area contributed by atoms with Crippen LogP contribution in [0.5, 0.6) is 0 Å². The molecule has 1 atom stereocenters. The van der Waals surface area contributed by atoms with E-state index in [0.717, 1.165) is 35.3 Å². The summed E-state index contributed by atoms with van der Waals surface area (Å²) in [4.78, 5) is 4.34. The third-order valence-electron chi connectivity index (χ3n) is 3.06. The number of fused-ring (bicyclic) bond motifs is 1. The highest BCUT2D eigenvalue weighted by molar-refractivity contribution is 5.82. The van der Waals surface area contributed by atoms with Gasteiger partial charge in [0.1, 0.15) is 5.76 Å². The molecule has 0 saturated heterocycles. The summed E-state index contributed by atoms with van der Waals surface area (Å²) in [6.45, 7) is 0.742. The predicted molar refractivity (Wildman–Crippen MR) is 67.3 cm³/mol. The summed E-state index contributed by atoms with van der Waals surface area (Å²) in [5.41, 5.74) is 8.29. The Balaban J connectivity index is 2.10. The average Bonchev–Trinajstić information content (AvgIpc) is 2.91. The van der Waals surface area contributed by atoms with E-state index in [2.05, 4.69) is 11.1 Å². The van der Waals surface area contributed by atoms with E-state index in [1.54, 1.807) is 6.20 Å². The zero-order valence-corrected chi connectivity index (χ0v) is 9.47. The van der Waals surface area contributed by atoms with Gasteiger partial charge in [0.05, 0.1) is 18.2 Å². The maximum Gasteiger partial charge on any atom is 0.113 e. The molecule has 0 bridgehead atoms. The zero-order chi connectivity index (χ0) is 11.7. The van der Waals surface area contributed by atoms with Crippen molar-refractivity contribution in [3.05, 3.63) is 53.9 Å². The highest BCUT2D eigenvalue weighted by atomic mass is 16.5. The van der Waals surface area contributed by atoms with Gasteiger partial charge in [-0.25, -0.2) is 0 Å². The molecule has 3 nitrogen and oxygen atoms in total. The largest absolute Gasteiger partial charge is 0.496 e. The van der Waals surface area contributed by atoms with E-state index in [4.69, 9.17) is 10.5 Å². The normalized spacial score (nSPS) is 16.6. The molecule has 2 heterocycles. The summed E-state index contributed by atoms with van der Waals surface area (Å²) in [5, 5.41) is 1.10. The first-order chi connectivity index (χ1) is 8.36. The number of ether oxygens (including phenoxy) is 1. The average molecular weight is 226 g/mol. The second-order valence-electron chi connectivity index (χ2n) is 4.14. The van der Waals surface area contributed by atoms with Gasteiger partial charge in [-0.2, -0.15) is 0 Å². The third-order valence-corrected chi connectivity index (χ3v) is 3.06. The molecule has 3 rings (SSSR count). The maximum atomic E-state index is 6.25. The molecule has 3 heteroatoms. The Morgan fingerprint density at radius 3 is 2.94 bits per heavy atom. The van der Waals surface area contributed by atoms with Gasteiger partial charge >= 0.3 is 0 Å². The Morgan fingerprint density at radius 1 is 1.24 bits per heavy atom. The quantitative estimate of drug-likeness (QED) is 0.856. The molecule has 1 unspecified atom stereocenters. The van der Waals surface area contributed by atoms with Crippen LogP contribution in [0.15, 0.2) is 48.4 Å². The van der Waals surface area contributed by atoms with E-state index in [1.165, 1.54) is 0 Å². The monoisotopic (exact) mass is 226 g/mol. The molecule has 1 aliphatic rings. The lowest BCUT2D eigenvalue weighted by molar-refractivity contribution is 0.225. The van der Waals surface area contributed by atoms with Crippen LogP contribution >= 0.6 is 0 Å². The van der Waals surface area contributed by atoms with Crippen LogP contribution in [0.4, 0.5) is 0 Å². The minimum absolute atomic E-state index is 0.189. The molecule has 1 aromatic carbocycles. The Morgan fingerprint density at radius 2 is 2.12 bits per heavy atom. The second-order valence-corrected chi connectivity index (χ2v) is 4.14. The van der Waals surface area contributed by atoms with Gasteiger partial charge < -0.3 is 10.5 Å². The standard InChI is InChI=1S/C14H14N2O/c15-14(13-6-3-9-17-13)11-7-8-16-12-5-2-1-4-10(11)12/h1-2,4-8,14H,3,9,15H2. The van der Waals surface area contributed by atoms with Crippen molar-refractivity contribution in [1.82, 2.24) is 4.98 Å². The summed E-state index contributed by atoms with van der Waals surface area (Å²) in [6.07, 6.45) is 4.82. The van der Waals surface area contributed by atoms with Crippen molar-refractivity contribution in [2.45, 2.75) is 12.5 Å². The van der Waals surface area contributed by atoms with Gasteiger partial charge in [0.2, 0.25) is 0 Å². The van der Waals surface area contributed by atoms with Gasteiger partial charge in [-0.1, -0.05) is 18.2 Å². The van der Waals surface area contributed by atoms with E-state index < -0.39 is 0 Å². The molecular weight excluding hydrogens is 212 g/mol. The molecule has 1 aliphatic heterocycles. The number of hydrogen-bond donors (Lipinski definition) is 1. The van der Waals surface area contributed by atoms with Crippen molar-refractivity contribution in [2.75, 3.05) is 6.61 Å². The third kappa shape index (κ3) is 1.78. The van der Waals surface area contributed by atoms with E-state index in [9.17, 15) is 0 Å². The number of rotatable bonds is 2. The molecule has 0 spiro atoms. The molecule has 0 aliphatic carbocycles. The maximum absolute atomic E-state index is 6.25. The van der Waals surface area contributed by atoms with Crippen molar-refractivity contribution >= 4 is 10.9 Å². The van der Waals surface area contributed by atoms with Crippen LogP contribution in [0.25, 0.3) is 10.9 Å². The highest BCUT2D eigenvalue weighted by Crippen LogP contribution is 2.28. The van der Waals surface area contributed by atoms with Crippen LogP contribution < -0.4 is 5.73 Å². The highest BCUT2D eigenvalue weighted by Gasteiger charge is 2.18. The Labute approximate surface area is 99.9 Å². The topological polar surface area (TPSA) is 48.1 Å². The minimum Gasteiger partial charge on any atom is -0.496 e. The van der Waals surface area contributed by atoms with Crippen LogP contribution in [-0.4, -0.2) is 11.6 Å². The number of aromatic nitrogens is 1. The van der Waals surface area contributed by atoms with E-state index >= 15 is 0 Å². The number of nitrogens with two attached hydrogens (primary N) is 1. The fourth-order valence-corrected chi connectivity index (χ4v) is 2.20. The molecule has 2 N–H and O–H groups in total. The first-order valence-corrected chi connectivity index (χ1v) is 5.78. The van der Waals surface area contributed by atoms with Crippen molar-refractivity contribution in [3.63, 3.8) is 0 Å². The van der Waals surface area contributed by atoms with E-state index in [1.807, 2.05) is 30.3 Å². The lowest BCUT2D eigenvalue weighted by Crippen LogP contribution is -2.14. The lowest BCUT2D eigenvalue weighted by Gasteiger charge is -2.15. The molecule has 86 valence electrons. The zero-order valence-electron chi connectivity index (χ0n) is 9.47. The molecule has 0 amide bonds. The summed E-state index contributed by atoms with van der Waals surface area (Å²) >= 11 is 0. The van der Waals surface area contributed by atoms with E-state index in [-0.39, 0.29) is 6.04 Å². The van der Waals surface area contributed by atoms with Crippen molar-refractivity contribution in [1.29, 1.82) is 0 Å². The summed E-state index contributed by atoms with van der Waals surface area (Å²) < 4.78 is 5.53. The molecule has 0 fully saturated rings. The lowest BCUT2D eigenvalue weighted by atomic mass is 10.0. The van der Waals surface area contributed by atoms with Crippen LogP contribution in [0.3, 0.4) is 0 Å². The van der Waals surface area contributed by atoms with Gasteiger partial charge in [-0.05, 0) is 23.8 Å². The molecule has 0 radical (unpaired) electrons. The Kier molecular flexibility index (Phi) is 2.53. The molecule has 17 heavy (non-hydrogen) atoms. The van der Waals surface area contributed by atoms with Crippen LogP contribution in [0, 0.1) is 0 Å². The van der Waals surface area contributed by atoms with E-state index in [0.29, 0.717) is 0 Å². The van der Waals surface area contributed by atoms with Crippen molar-refractivity contribution < 1.29 is 4.74 Å². The van der Waals surface area contributed by atoms with Gasteiger partial charge in [-0.3, -0.25) is 4.98 Å². The summed E-state index contributed by atoms with van der Waals surface area (Å²) in [7, 11) is 0. The van der Waals surface area contributed by atoms with Crippen LogP contribution in [-0.2, 0) is 4.74 Å². The number of hydrogen-bond acceptors (Lipinski definition) is 3. The number of nitrogens with zero attached hydrogens (tertiary/aromatic N) is 1. The molecule has 1 aromatic heterocycles. The number of pyridine rings is 1. The molecular formula is C14H14N2O. The Hall–Kier alpha value is -1.87. The van der Waals surface area contributed by atoms with Crippen LogP contribution in [0.2, 0.25) is 0 Å². The number of para-hydroxylation sites is 1. The summed E-state index contributed by atoms with van der Waals surface area (Å²) in [5.74, 6) is 0.876. The second kappa shape index (κ2) is 4.18. The molecule has 2 aromatic rings. The van der Waals surface area contributed by atoms with Gasteiger partial charge in [0.25, 0.3) is 0 Å². The van der Waals surface area contributed by atoms with Crippen molar-refractivity contribution in [2.24, 2.45) is 5.73 Å². The summed E-state index contributed by atoms with van der Waals surface area (Å²) in [6, 6.07) is 9.81. The van der Waals surface area contributed by atoms with Gasteiger partial charge in [-0.15, -0.1) is 0 Å².